The number of anilines is 1. The summed E-state index contributed by atoms with van der Waals surface area (Å²) in [5, 5.41) is 23.6. The standard InChI is InChI=1S/C21H21N3O4/c22-13-14-2-1-3-19(12-14)28-18-10-8-17(9-11-18)24-21(27)23-16-6-4-15(5-7-16)20(25)26/h1-3,8-12,15-16H,4-7H2,(H,25,26)(H2,23,24,27). The first kappa shape index (κ1) is 19.2. The molecular formula is C21H21N3O4. The zero-order valence-corrected chi connectivity index (χ0v) is 15.2. The van der Waals surface area contributed by atoms with Crippen LogP contribution in [0.1, 0.15) is 31.2 Å². The van der Waals surface area contributed by atoms with Crippen LogP contribution in [0, 0.1) is 17.2 Å². The summed E-state index contributed by atoms with van der Waals surface area (Å²) < 4.78 is 5.70. The molecule has 3 N–H and O–H groups in total. The molecule has 0 aliphatic heterocycles. The highest BCUT2D eigenvalue weighted by atomic mass is 16.5. The molecule has 0 unspecified atom stereocenters. The SMILES string of the molecule is N#Cc1cccc(Oc2ccc(NC(=O)NC3CCC(C(=O)O)CC3)cc2)c1. The van der Waals surface area contributed by atoms with Gasteiger partial charge in [-0.05, 0) is 68.1 Å². The van der Waals surface area contributed by atoms with Gasteiger partial charge in [0.2, 0.25) is 0 Å². The predicted molar refractivity (Wildman–Crippen MR) is 103 cm³/mol. The Morgan fingerprint density at radius 3 is 2.39 bits per heavy atom. The van der Waals surface area contributed by atoms with Crippen molar-refractivity contribution >= 4 is 17.7 Å². The second-order valence-corrected chi connectivity index (χ2v) is 6.75. The molecule has 0 radical (unpaired) electrons. The molecule has 2 amide bonds. The molecule has 7 heteroatoms. The van der Waals surface area contributed by atoms with Crippen molar-refractivity contribution in [3.8, 4) is 17.6 Å². The number of carbonyl (C=O) groups excluding carboxylic acids is 1. The fourth-order valence-corrected chi connectivity index (χ4v) is 3.21. The van der Waals surface area contributed by atoms with Crippen molar-refractivity contribution in [3.05, 3.63) is 54.1 Å². The number of carbonyl (C=O) groups is 2. The maximum absolute atomic E-state index is 12.1. The predicted octanol–water partition coefficient (Wildman–Crippen LogP) is 4.12. The number of nitrogens with one attached hydrogen (secondary N) is 2. The van der Waals surface area contributed by atoms with E-state index in [9.17, 15) is 9.59 Å². The molecule has 2 aromatic rings. The van der Waals surface area contributed by atoms with Crippen LogP contribution in [0.25, 0.3) is 0 Å². The molecular weight excluding hydrogens is 358 g/mol. The Balaban J connectivity index is 1.49. The van der Waals surface area contributed by atoms with E-state index in [2.05, 4.69) is 16.7 Å². The number of carboxylic acid groups (broad SMARTS) is 1. The number of aliphatic carboxylic acids is 1. The highest BCUT2D eigenvalue weighted by Gasteiger charge is 2.26. The minimum Gasteiger partial charge on any atom is -0.481 e. The molecule has 28 heavy (non-hydrogen) atoms. The lowest BCUT2D eigenvalue weighted by molar-refractivity contribution is -0.142. The van der Waals surface area contributed by atoms with Gasteiger partial charge in [0, 0.05) is 11.7 Å². The number of carboxylic acids is 1. The molecule has 1 fully saturated rings. The van der Waals surface area contributed by atoms with Gasteiger partial charge >= 0.3 is 12.0 Å². The minimum atomic E-state index is -0.760. The van der Waals surface area contributed by atoms with Crippen LogP contribution in [0.3, 0.4) is 0 Å². The van der Waals surface area contributed by atoms with Crippen molar-refractivity contribution in [1.82, 2.24) is 5.32 Å². The lowest BCUT2D eigenvalue weighted by Crippen LogP contribution is -2.40. The lowest BCUT2D eigenvalue weighted by Gasteiger charge is -2.26. The zero-order chi connectivity index (χ0) is 19.9. The molecule has 3 rings (SSSR count). The van der Waals surface area contributed by atoms with Crippen LogP contribution >= 0.6 is 0 Å². The molecule has 0 aromatic heterocycles. The van der Waals surface area contributed by atoms with Gasteiger partial charge in [0.1, 0.15) is 11.5 Å². The first-order valence-electron chi connectivity index (χ1n) is 9.12. The Hall–Kier alpha value is -3.53. The second-order valence-electron chi connectivity index (χ2n) is 6.75. The zero-order valence-electron chi connectivity index (χ0n) is 15.2. The van der Waals surface area contributed by atoms with Gasteiger partial charge in [-0.2, -0.15) is 5.26 Å². The van der Waals surface area contributed by atoms with Crippen LogP contribution in [-0.2, 0) is 4.79 Å². The van der Waals surface area contributed by atoms with Crippen LogP contribution in [0.15, 0.2) is 48.5 Å². The number of nitrogens with zero attached hydrogens (tertiary/aromatic N) is 1. The van der Waals surface area contributed by atoms with Gasteiger partial charge in [-0.15, -0.1) is 0 Å². The molecule has 0 atom stereocenters. The second kappa shape index (κ2) is 8.91. The summed E-state index contributed by atoms with van der Waals surface area (Å²) in [6.07, 6.45) is 2.50. The third-order valence-electron chi connectivity index (χ3n) is 4.72. The van der Waals surface area contributed by atoms with Crippen molar-refractivity contribution in [1.29, 1.82) is 5.26 Å². The summed E-state index contributed by atoms with van der Waals surface area (Å²) >= 11 is 0. The first-order chi connectivity index (χ1) is 13.5. The van der Waals surface area contributed by atoms with Gasteiger partial charge < -0.3 is 20.5 Å². The monoisotopic (exact) mass is 379 g/mol. The quantitative estimate of drug-likeness (QED) is 0.724. The van der Waals surface area contributed by atoms with E-state index in [0.29, 0.717) is 48.4 Å². The smallest absolute Gasteiger partial charge is 0.319 e. The minimum absolute atomic E-state index is 0.00869. The van der Waals surface area contributed by atoms with E-state index in [1.165, 1.54) is 0 Å². The lowest BCUT2D eigenvalue weighted by atomic mass is 9.86. The molecule has 7 nitrogen and oxygen atoms in total. The van der Waals surface area contributed by atoms with Gasteiger partial charge in [-0.1, -0.05) is 6.07 Å². The summed E-state index contributed by atoms with van der Waals surface area (Å²) in [4.78, 5) is 23.1. The average Bonchev–Trinajstić information content (AvgIpc) is 2.70. The normalized spacial score (nSPS) is 18.5. The van der Waals surface area contributed by atoms with Crippen molar-refractivity contribution in [2.24, 2.45) is 5.92 Å². The molecule has 0 saturated heterocycles. The van der Waals surface area contributed by atoms with Crippen molar-refractivity contribution in [3.63, 3.8) is 0 Å². The van der Waals surface area contributed by atoms with Crippen LogP contribution < -0.4 is 15.4 Å². The van der Waals surface area contributed by atoms with Gasteiger partial charge in [-0.25, -0.2) is 4.79 Å². The van der Waals surface area contributed by atoms with Crippen molar-refractivity contribution < 1.29 is 19.4 Å². The van der Waals surface area contributed by atoms with E-state index in [4.69, 9.17) is 15.1 Å². The number of hydrogen-bond donors (Lipinski definition) is 3. The maximum atomic E-state index is 12.1. The van der Waals surface area contributed by atoms with Crippen LogP contribution in [-0.4, -0.2) is 23.1 Å². The summed E-state index contributed by atoms with van der Waals surface area (Å²) in [5.74, 6) is 0.0922. The van der Waals surface area contributed by atoms with Gasteiger partial charge in [0.25, 0.3) is 0 Å². The van der Waals surface area contributed by atoms with Gasteiger partial charge in [-0.3, -0.25) is 4.79 Å². The Kier molecular flexibility index (Phi) is 6.12. The van der Waals surface area contributed by atoms with E-state index < -0.39 is 5.97 Å². The Morgan fingerprint density at radius 2 is 1.75 bits per heavy atom. The van der Waals surface area contributed by atoms with Gasteiger partial charge in [0.15, 0.2) is 0 Å². The van der Waals surface area contributed by atoms with Crippen LogP contribution in [0.5, 0.6) is 11.5 Å². The number of benzene rings is 2. The van der Waals surface area contributed by atoms with Crippen LogP contribution in [0.4, 0.5) is 10.5 Å². The van der Waals surface area contributed by atoms with E-state index in [1.807, 2.05) is 0 Å². The third kappa shape index (κ3) is 5.24. The Morgan fingerprint density at radius 1 is 1.04 bits per heavy atom. The highest BCUT2D eigenvalue weighted by molar-refractivity contribution is 5.89. The topological polar surface area (TPSA) is 111 Å². The van der Waals surface area contributed by atoms with Crippen molar-refractivity contribution in [2.45, 2.75) is 31.7 Å². The Bertz CT molecular complexity index is 881. The fraction of sp³-hybridized carbons (Fsp3) is 0.286. The number of urea groups is 1. The molecule has 1 aliphatic carbocycles. The Labute approximate surface area is 162 Å². The summed E-state index contributed by atoms with van der Waals surface area (Å²) in [6.45, 7) is 0. The molecule has 2 aromatic carbocycles. The molecule has 1 saturated carbocycles. The third-order valence-corrected chi connectivity index (χ3v) is 4.72. The fourth-order valence-electron chi connectivity index (χ4n) is 3.21. The largest absolute Gasteiger partial charge is 0.481 e. The van der Waals surface area contributed by atoms with Crippen molar-refractivity contribution in [2.75, 3.05) is 5.32 Å². The first-order valence-corrected chi connectivity index (χ1v) is 9.12. The van der Waals surface area contributed by atoms with E-state index in [-0.39, 0.29) is 18.0 Å². The van der Waals surface area contributed by atoms with Gasteiger partial charge in [0.05, 0.1) is 17.6 Å². The maximum Gasteiger partial charge on any atom is 0.319 e. The molecule has 0 spiro atoms. The molecule has 0 bridgehead atoms. The average molecular weight is 379 g/mol. The highest BCUT2D eigenvalue weighted by Crippen LogP contribution is 2.25. The molecule has 0 heterocycles. The number of rotatable bonds is 5. The number of nitriles is 1. The van der Waals surface area contributed by atoms with E-state index in [1.54, 1.807) is 48.5 Å². The number of ether oxygens (including phenoxy) is 1. The summed E-state index contributed by atoms with van der Waals surface area (Å²) in [5.41, 5.74) is 1.14. The summed E-state index contributed by atoms with van der Waals surface area (Å²) in [6, 6.07) is 15.5. The number of amides is 2. The van der Waals surface area contributed by atoms with E-state index in [0.717, 1.165) is 0 Å². The number of hydrogen-bond acceptors (Lipinski definition) is 4. The summed E-state index contributed by atoms with van der Waals surface area (Å²) in [7, 11) is 0. The van der Waals surface area contributed by atoms with E-state index >= 15 is 0 Å². The van der Waals surface area contributed by atoms with Crippen LogP contribution in [0.2, 0.25) is 0 Å². The molecule has 144 valence electrons. The molecule has 1 aliphatic rings.